The van der Waals surface area contributed by atoms with Crippen molar-refractivity contribution in [3.63, 3.8) is 0 Å². The van der Waals surface area contributed by atoms with Gasteiger partial charge in [0, 0.05) is 52.0 Å². The summed E-state index contributed by atoms with van der Waals surface area (Å²) in [4.78, 5) is 24.0. The fourth-order valence-corrected chi connectivity index (χ4v) is 4.15. The quantitative estimate of drug-likeness (QED) is 0.738. The molecule has 1 amide bonds. The maximum atomic E-state index is 12.2. The Labute approximate surface area is 163 Å². The topological polar surface area (TPSA) is 51.7 Å². The van der Waals surface area contributed by atoms with E-state index >= 15 is 0 Å². The minimum absolute atomic E-state index is 0.0613. The molecular formula is C21H33N5O. The van der Waals surface area contributed by atoms with Crippen LogP contribution in [-0.4, -0.2) is 79.1 Å². The smallest absolute Gasteiger partial charge is 0.237 e. The van der Waals surface area contributed by atoms with Crippen LogP contribution in [0.15, 0.2) is 37.1 Å². The fourth-order valence-electron chi connectivity index (χ4n) is 4.15. The van der Waals surface area contributed by atoms with Gasteiger partial charge in [-0.1, -0.05) is 12.1 Å². The molecule has 2 saturated heterocycles. The lowest BCUT2D eigenvalue weighted by molar-refractivity contribution is -0.126. The Kier molecular flexibility index (Phi) is 7.24. The number of carbonyl (C=O) groups is 1. The molecule has 0 bridgehead atoms. The summed E-state index contributed by atoms with van der Waals surface area (Å²) in [5, 5.41) is 2.93. The second-order valence-corrected chi connectivity index (χ2v) is 7.69. The van der Waals surface area contributed by atoms with Crippen LogP contribution in [0.4, 0.5) is 5.82 Å². The number of carbonyl (C=O) groups excluding carboxylic acids is 1. The Morgan fingerprint density at radius 1 is 1.33 bits per heavy atom. The minimum atomic E-state index is -0.0613. The summed E-state index contributed by atoms with van der Waals surface area (Å²) in [6.07, 6.45) is 6.04. The molecule has 0 aromatic carbocycles. The molecule has 2 aliphatic heterocycles. The Balaban J connectivity index is 1.44. The maximum Gasteiger partial charge on any atom is 0.237 e. The van der Waals surface area contributed by atoms with Crippen molar-refractivity contribution < 1.29 is 4.79 Å². The van der Waals surface area contributed by atoms with E-state index in [1.807, 2.05) is 19.2 Å². The van der Waals surface area contributed by atoms with Crippen LogP contribution >= 0.6 is 0 Å². The number of nitrogens with one attached hydrogen (secondary N) is 1. The van der Waals surface area contributed by atoms with E-state index in [4.69, 9.17) is 0 Å². The van der Waals surface area contributed by atoms with E-state index in [9.17, 15) is 4.79 Å². The van der Waals surface area contributed by atoms with E-state index in [-0.39, 0.29) is 11.9 Å². The third kappa shape index (κ3) is 5.53. The highest BCUT2D eigenvalue weighted by Gasteiger charge is 2.29. The Morgan fingerprint density at radius 3 is 2.85 bits per heavy atom. The largest absolute Gasteiger partial charge is 0.354 e. The number of pyridine rings is 1. The molecule has 3 heterocycles. The molecule has 1 aromatic rings. The van der Waals surface area contributed by atoms with Crippen LogP contribution in [0, 0.1) is 5.92 Å². The monoisotopic (exact) mass is 371 g/mol. The van der Waals surface area contributed by atoms with Gasteiger partial charge < -0.3 is 10.2 Å². The van der Waals surface area contributed by atoms with E-state index in [1.54, 1.807) is 6.08 Å². The third-order valence-electron chi connectivity index (χ3n) is 5.76. The van der Waals surface area contributed by atoms with Gasteiger partial charge >= 0.3 is 0 Å². The van der Waals surface area contributed by atoms with Crippen molar-refractivity contribution in [2.75, 3.05) is 57.3 Å². The van der Waals surface area contributed by atoms with Crippen LogP contribution in [-0.2, 0) is 4.79 Å². The zero-order chi connectivity index (χ0) is 19.1. The average Bonchev–Trinajstić information content (AvgIpc) is 2.73. The lowest BCUT2D eigenvalue weighted by Gasteiger charge is -2.40. The Bertz CT molecular complexity index is 600. The van der Waals surface area contributed by atoms with Gasteiger partial charge in [0.25, 0.3) is 0 Å². The molecule has 0 spiro atoms. The van der Waals surface area contributed by atoms with Gasteiger partial charge in [-0.05, 0) is 44.4 Å². The SMILES string of the molecule is C=CCNC(=O)C(C)N1CCCC(CN2CCN(c3ccccn3)CC2)C1. The fraction of sp³-hybridized carbons (Fsp3) is 0.619. The minimum Gasteiger partial charge on any atom is -0.354 e. The Morgan fingerprint density at radius 2 is 2.15 bits per heavy atom. The van der Waals surface area contributed by atoms with Crippen LogP contribution in [0.1, 0.15) is 19.8 Å². The number of nitrogens with zero attached hydrogens (tertiary/aromatic N) is 4. The zero-order valence-corrected chi connectivity index (χ0v) is 16.5. The van der Waals surface area contributed by atoms with Gasteiger partial charge in [-0.15, -0.1) is 6.58 Å². The van der Waals surface area contributed by atoms with Crippen molar-refractivity contribution in [1.82, 2.24) is 20.1 Å². The standard InChI is InChI=1S/C21H33N5O/c1-3-9-23-21(27)18(2)26-11-6-7-19(17-26)16-24-12-14-25(15-13-24)20-8-4-5-10-22-20/h3-5,8,10,18-19H,1,6-7,9,11-17H2,2H3,(H,23,27). The molecule has 2 aliphatic rings. The van der Waals surface area contributed by atoms with Crippen LogP contribution in [0.2, 0.25) is 0 Å². The van der Waals surface area contributed by atoms with Crippen molar-refractivity contribution >= 4 is 11.7 Å². The lowest BCUT2D eigenvalue weighted by Crippen LogP contribution is -2.52. The van der Waals surface area contributed by atoms with Gasteiger partial charge in [0.15, 0.2) is 0 Å². The molecule has 148 valence electrons. The third-order valence-corrected chi connectivity index (χ3v) is 5.76. The first-order chi connectivity index (χ1) is 13.2. The summed E-state index contributed by atoms with van der Waals surface area (Å²) in [7, 11) is 0. The summed E-state index contributed by atoms with van der Waals surface area (Å²) in [5.74, 6) is 1.84. The van der Waals surface area contributed by atoms with Crippen LogP contribution in [0.25, 0.3) is 0 Å². The zero-order valence-electron chi connectivity index (χ0n) is 16.5. The Hall–Kier alpha value is -1.92. The van der Waals surface area contributed by atoms with Crippen LogP contribution in [0.5, 0.6) is 0 Å². The van der Waals surface area contributed by atoms with E-state index < -0.39 is 0 Å². The molecule has 6 nitrogen and oxygen atoms in total. The van der Waals surface area contributed by atoms with Crippen molar-refractivity contribution in [2.45, 2.75) is 25.8 Å². The number of amides is 1. The summed E-state index contributed by atoms with van der Waals surface area (Å²) >= 11 is 0. The van der Waals surface area contributed by atoms with Gasteiger partial charge in [-0.25, -0.2) is 4.98 Å². The summed E-state index contributed by atoms with van der Waals surface area (Å²) in [6.45, 7) is 13.6. The highest BCUT2D eigenvalue weighted by molar-refractivity contribution is 5.81. The molecule has 2 fully saturated rings. The predicted octanol–water partition coefficient (Wildman–Crippen LogP) is 1.61. The van der Waals surface area contributed by atoms with Gasteiger partial charge in [-0.3, -0.25) is 14.6 Å². The second-order valence-electron chi connectivity index (χ2n) is 7.69. The number of rotatable bonds is 7. The van der Waals surface area contributed by atoms with Crippen LogP contribution < -0.4 is 10.2 Å². The first kappa shape index (κ1) is 19.8. The first-order valence-electron chi connectivity index (χ1n) is 10.2. The molecule has 0 saturated carbocycles. The summed E-state index contributed by atoms with van der Waals surface area (Å²) in [5.41, 5.74) is 0. The molecule has 1 N–H and O–H groups in total. The predicted molar refractivity (Wildman–Crippen MR) is 110 cm³/mol. The molecule has 3 rings (SSSR count). The van der Waals surface area contributed by atoms with Crippen molar-refractivity contribution in [2.24, 2.45) is 5.92 Å². The van der Waals surface area contributed by atoms with E-state index in [2.05, 4.69) is 43.7 Å². The number of hydrogen-bond donors (Lipinski definition) is 1. The molecule has 0 radical (unpaired) electrons. The number of piperazine rings is 1. The summed E-state index contributed by atoms with van der Waals surface area (Å²) in [6, 6.07) is 6.05. The average molecular weight is 372 g/mol. The highest BCUT2D eigenvalue weighted by Crippen LogP contribution is 2.21. The van der Waals surface area contributed by atoms with E-state index in [0.29, 0.717) is 12.5 Å². The van der Waals surface area contributed by atoms with E-state index in [0.717, 1.165) is 51.6 Å². The maximum absolute atomic E-state index is 12.2. The number of aromatic nitrogens is 1. The molecule has 2 atom stereocenters. The van der Waals surface area contributed by atoms with E-state index in [1.165, 1.54) is 12.8 Å². The van der Waals surface area contributed by atoms with Crippen molar-refractivity contribution in [3.8, 4) is 0 Å². The number of piperidine rings is 1. The number of hydrogen-bond acceptors (Lipinski definition) is 5. The van der Waals surface area contributed by atoms with Gasteiger partial charge in [-0.2, -0.15) is 0 Å². The van der Waals surface area contributed by atoms with Crippen LogP contribution in [0.3, 0.4) is 0 Å². The summed E-state index contributed by atoms with van der Waals surface area (Å²) < 4.78 is 0. The van der Waals surface area contributed by atoms with Gasteiger partial charge in [0.2, 0.25) is 5.91 Å². The normalized spacial score (nSPS) is 23.0. The lowest BCUT2D eigenvalue weighted by atomic mass is 9.95. The number of anilines is 1. The molecule has 2 unspecified atom stereocenters. The van der Waals surface area contributed by atoms with Crippen molar-refractivity contribution in [1.29, 1.82) is 0 Å². The molecular weight excluding hydrogens is 338 g/mol. The highest BCUT2D eigenvalue weighted by atomic mass is 16.2. The number of likely N-dealkylation sites (tertiary alicyclic amines) is 1. The van der Waals surface area contributed by atoms with Crippen molar-refractivity contribution in [3.05, 3.63) is 37.1 Å². The van der Waals surface area contributed by atoms with Gasteiger partial charge in [0.05, 0.1) is 6.04 Å². The molecule has 1 aromatic heterocycles. The molecule has 6 heteroatoms. The molecule has 27 heavy (non-hydrogen) atoms. The molecule has 0 aliphatic carbocycles. The first-order valence-corrected chi connectivity index (χ1v) is 10.2. The van der Waals surface area contributed by atoms with Gasteiger partial charge in [0.1, 0.15) is 5.82 Å². The second kappa shape index (κ2) is 9.85.